The number of hydrogen-bond donors (Lipinski definition) is 1. The number of nitrogens with one attached hydrogen (secondary N) is 1. The topological polar surface area (TPSA) is 58.6 Å². The fraction of sp³-hybridized carbons (Fsp3) is 0.440. The van der Waals surface area contributed by atoms with Crippen LogP contribution in [0.25, 0.3) is 0 Å². The molecule has 0 fully saturated rings. The Balaban J connectivity index is 2.20. The number of amides is 2. The van der Waals surface area contributed by atoms with Crippen molar-refractivity contribution in [2.24, 2.45) is 0 Å². The third-order valence-electron chi connectivity index (χ3n) is 4.84. The molecule has 0 aromatic heterocycles. The molecule has 2 amide bonds. The van der Waals surface area contributed by atoms with Gasteiger partial charge < -0.3 is 15.0 Å². The highest BCUT2D eigenvalue weighted by molar-refractivity contribution is 5.88. The molecule has 0 aliphatic rings. The molecular weight excluding hydrogens is 395 g/mol. The van der Waals surface area contributed by atoms with Gasteiger partial charge >= 0.3 is 0 Å². The summed E-state index contributed by atoms with van der Waals surface area (Å²) < 4.78 is 19.0. The minimum atomic E-state index is -0.664. The highest BCUT2D eigenvalue weighted by atomic mass is 19.1. The molecule has 0 radical (unpaired) electrons. The number of aryl methyl sites for hydroxylation is 1. The highest BCUT2D eigenvalue weighted by Crippen LogP contribution is 2.16. The predicted octanol–water partition coefficient (Wildman–Crippen LogP) is 4.49. The van der Waals surface area contributed by atoms with E-state index >= 15 is 0 Å². The zero-order chi connectivity index (χ0) is 23.0. The van der Waals surface area contributed by atoms with E-state index in [1.807, 2.05) is 52.0 Å². The molecule has 0 saturated heterocycles. The Hall–Kier alpha value is -2.89. The summed E-state index contributed by atoms with van der Waals surface area (Å²) in [6, 6.07) is 12.9. The molecule has 1 N–H and O–H groups in total. The van der Waals surface area contributed by atoms with Crippen molar-refractivity contribution in [3.8, 4) is 5.75 Å². The third-order valence-corrected chi connectivity index (χ3v) is 4.84. The number of benzene rings is 2. The Bertz CT molecular complexity index is 858. The van der Waals surface area contributed by atoms with E-state index in [9.17, 15) is 14.0 Å². The minimum absolute atomic E-state index is 0.188. The molecule has 5 nitrogen and oxygen atoms in total. The van der Waals surface area contributed by atoms with Gasteiger partial charge in [-0.25, -0.2) is 4.39 Å². The van der Waals surface area contributed by atoms with E-state index in [4.69, 9.17) is 4.74 Å². The van der Waals surface area contributed by atoms with Crippen LogP contribution < -0.4 is 10.1 Å². The molecule has 0 spiro atoms. The van der Waals surface area contributed by atoms with Gasteiger partial charge in [-0.3, -0.25) is 9.59 Å². The summed E-state index contributed by atoms with van der Waals surface area (Å²) in [5, 5.41) is 2.95. The number of halogens is 1. The molecular formula is C25H33FN2O3. The minimum Gasteiger partial charge on any atom is -0.484 e. The molecule has 2 aromatic rings. The van der Waals surface area contributed by atoms with Crippen LogP contribution in [0.2, 0.25) is 0 Å². The first-order chi connectivity index (χ1) is 14.6. The zero-order valence-corrected chi connectivity index (χ0v) is 19.1. The van der Waals surface area contributed by atoms with E-state index in [0.29, 0.717) is 12.2 Å². The first kappa shape index (κ1) is 24.4. The van der Waals surface area contributed by atoms with Gasteiger partial charge in [-0.1, -0.05) is 38.1 Å². The van der Waals surface area contributed by atoms with Crippen molar-refractivity contribution >= 4 is 11.8 Å². The van der Waals surface area contributed by atoms with Crippen molar-refractivity contribution in [2.45, 2.75) is 65.6 Å². The second-order valence-corrected chi connectivity index (χ2v) is 8.60. The lowest BCUT2D eigenvalue weighted by Gasteiger charge is -2.33. The van der Waals surface area contributed by atoms with E-state index in [2.05, 4.69) is 12.2 Å². The molecule has 0 aliphatic heterocycles. The van der Waals surface area contributed by atoms with Gasteiger partial charge in [-0.2, -0.15) is 0 Å². The van der Waals surface area contributed by atoms with Crippen LogP contribution in [0.4, 0.5) is 4.39 Å². The van der Waals surface area contributed by atoms with E-state index in [-0.39, 0.29) is 30.8 Å². The van der Waals surface area contributed by atoms with Crippen LogP contribution in [0.1, 0.15) is 52.2 Å². The lowest BCUT2D eigenvalue weighted by atomic mass is 10.1. The molecule has 0 aliphatic carbocycles. The molecule has 2 aromatic carbocycles. The fourth-order valence-electron chi connectivity index (χ4n) is 3.21. The Morgan fingerprint density at radius 3 is 2.10 bits per heavy atom. The quantitative estimate of drug-likeness (QED) is 0.640. The number of ether oxygens (including phenoxy) is 1. The normalized spacial score (nSPS) is 12.2. The summed E-state index contributed by atoms with van der Waals surface area (Å²) in [7, 11) is 0. The van der Waals surface area contributed by atoms with E-state index in [1.165, 1.54) is 22.6 Å². The first-order valence-electron chi connectivity index (χ1n) is 10.7. The summed E-state index contributed by atoms with van der Waals surface area (Å²) in [6.45, 7) is 9.62. The summed E-state index contributed by atoms with van der Waals surface area (Å²) in [6.07, 6.45) is 1.37. The molecule has 0 heterocycles. The van der Waals surface area contributed by atoms with E-state index in [1.54, 1.807) is 12.1 Å². The number of nitrogens with zero attached hydrogens (tertiary/aromatic N) is 1. The zero-order valence-electron chi connectivity index (χ0n) is 19.1. The molecule has 168 valence electrons. The van der Waals surface area contributed by atoms with Crippen LogP contribution in [0.5, 0.6) is 5.75 Å². The number of hydrogen-bond acceptors (Lipinski definition) is 3. The van der Waals surface area contributed by atoms with Crippen LogP contribution in [-0.2, 0) is 22.6 Å². The van der Waals surface area contributed by atoms with Gasteiger partial charge in [0.25, 0.3) is 5.91 Å². The van der Waals surface area contributed by atoms with Gasteiger partial charge in [-0.15, -0.1) is 0 Å². The van der Waals surface area contributed by atoms with Crippen molar-refractivity contribution in [3.05, 3.63) is 65.5 Å². The van der Waals surface area contributed by atoms with Crippen LogP contribution >= 0.6 is 0 Å². The van der Waals surface area contributed by atoms with Crippen molar-refractivity contribution in [1.82, 2.24) is 10.2 Å². The standard InChI is InChI=1S/C25H33FN2O3/c1-6-18-10-14-21(15-11-18)31-17-23(29)28(16-19-8-12-20(26)13-9-19)22(7-2)24(30)27-25(3,4)5/h8-15,22H,6-7,16-17H2,1-5H3,(H,27,30)/t22-/m0/s1. The SMILES string of the molecule is CCc1ccc(OCC(=O)N(Cc2ccc(F)cc2)[C@@H](CC)C(=O)NC(C)(C)C)cc1. The average molecular weight is 429 g/mol. The average Bonchev–Trinajstić information content (AvgIpc) is 2.72. The number of rotatable bonds is 9. The second kappa shape index (κ2) is 10.9. The smallest absolute Gasteiger partial charge is 0.261 e. The second-order valence-electron chi connectivity index (χ2n) is 8.60. The Morgan fingerprint density at radius 1 is 1.00 bits per heavy atom. The largest absolute Gasteiger partial charge is 0.484 e. The van der Waals surface area contributed by atoms with Crippen molar-refractivity contribution in [3.63, 3.8) is 0 Å². The Labute approximate surface area is 184 Å². The monoisotopic (exact) mass is 428 g/mol. The Kier molecular flexibility index (Phi) is 8.60. The van der Waals surface area contributed by atoms with E-state index < -0.39 is 11.6 Å². The van der Waals surface area contributed by atoms with Gasteiger partial charge in [0.05, 0.1) is 0 Å². The van der Waals surface area contributed by atoms with Gasteiger partial charge in [0.2, 0.25) is 5.91 Å². The van der Waals surface area contributed by atoms with Crippen LogP contribution in [0, 0.1) is 5.82 Å². The molecule has 0 unspecified atom stereocenters. The lowest BCUT2D eigenvalue weighted by molar-refractivity contribution is -0.143. The summed E-state index contributed by atoms with van der Waals surface area (Å²) in [5.41, 5.74) is 1.50. The fourth-order valence-corrected chi connectivity index (χ4v) is 3.21. The molecule has 0 saturated carbocycles. The lowest BCUT2D eigenvalue weighted by Crippen LogP contribution is -2.54. The molecule has 1 atom stereocenters. The van der Waals surface area contributed by atoms with Crippen molar-refractivity contribution in [1.29, 1.82) is 0 Å². The van der Waals surface area contributed by atoms with Crippen LogP contribution in [-0.4, -0.2) is 34.9 Å². The number of carbonyl (C=O) groups is 2. The summed E-state index contributed by atoms with van der Waals surface area (Å²) in [4.78, 5) is 27.6. The van der Waals surface area contributed by atoms with Gasteiger partial charge in [0, 0.05) is 12.1 Å². The third kappa shape index (κ3) is 7.70. The van der Waals surface area contributed by atoms with Gasteiger partial charge in [0.15, 0.2) is 6.61 Å². The first-order valence-corrected chi connectivity index (χ1v) is 10.7. The summed E-state index contributed by atoms with van der Waals surface area (Å²) in [5.74, 6) is -0.282. The molecule has 31 heavy (non-hydrogen) atoms. The predicted molar refractivity (Wildman–Crippen MR) is 120 cm³/mol. The summed E-state index contributed by atoms with van der Waals surface area (Å²) >= 11 is 0. The van der Waals surface area contributed by atoms with Gasteiger partial charge in [-0.05, 0) is 69.0 Å². The van der Waals surface area contributed by atoms with Crippen LogP contribution in [0.3, 0.4) is 0 Å². The molecule has 2 rings (SSSR count). The Morgan fingerprint density at radius 2 is 1.58 bits per heavy atom. The van der Waals surface area contributed by atoms with Crippen LogP contribution in [0.15, 0.2) is 48.5 Å². The van der Waals surface area contributed by atoms with Crippen molar-refractivity contribution in [2.75, 3.05) is 6.61 Å². The van der Waals surface area contributed by atoms with Gasteiger partial charge in [0.1, 0.15) is 17.6 Å². The molecule has 6 heteroatoms. The highest BCUT2D eigenvalue weighted by Gasteiger charge is 2.30. The maximum atomic E-state index is 13.3. The van der Waals surface area contributed by atoms with E-state index in [0.717, 1.165) is 12.0 Å². The maximum absolute atomic E-state index is 13.3. The van der Waals surface area contributed by atoms with Crippen molar-refractivity contribution < 1.29 is 18.7 Å². The number of carbonyl (C=O) groups excluding carboxylic acids is 2. The maximum Gasteiger partial charge on any atom is 0.261 e. The molecule has 0 bridgehead atoms.